The molecule has 0 aromatic heterocycles. The van der Waals surface area contributed by atoms with Crippen molar-refractivity contribution in [3.63, 3.8) is 0 Å². The second-order valence-corrected chi connectivity index (χ2v) is 4.74. The summed E-state index contributed by atoms with van der Waals surface area (Å²) < 4.78 is 0. The van der Waals surface area contributed by atoms with Gasteiger partial charge in [-0.05, 0) is 39.4 Å². The van der Waals surface area contributed by atoms with Gasteiger partial charge in [-0.2, -0.15) is 0 Å². The minimum Gasteiger partial charge on any atom is -0.340 e. The average Bonchev–Trinajstić information content (AvgIpc) is 2.28. The van der Waals surface area contributed by atoms with Crippen LogP contribution in [0.5, 0.6) is 0 Å². The van der Waals surface area contributed by atoms with Gasteiger partial charge >= 0.3 is 0 Å². The van der Waals surface area contributed by atoms with Gasteiger partial charge in [0.1, 0.15) is 0 Å². The Hall–Kier alpha value is -0.610. The Labute approximate surface area is 99.0 Å². The van der Waals surface area contributed by atoms with Gasteiger partial charge < -0.3 is 15.1 Å². The van der Waals surface area contributed by atoms with E-state index in [0.717, 1.165) is 32.5 Å². The monoisotopic (exact) mass is 227 g/mol. The number of carbonyl (C=O) groups excluding carboxylic acids is 1. The number of likely N-dealkylation sites (N-methyl/N-ethyl adjacent to an activating group) is 2. The van der Waals surface area contributed by atoms with Crippen molar-refractivity contribution in [1.29, 1.82) is 0 Å². The Bertz CT molecular complexity index is 220. The highest BCUT2D eigenvalue weighted by atomic mass is 16.2. The zero-order valence-corrected chi connectivity index (χ0v) is 10.8. The van der Waals surface area contributed by atoms with Gasteiger partial charge in [0, 0.05) is 19.6 Å². The lowest BCUT2D eigenvalue weighted by Crippen LogP contribution is -2.49. The molecule has 1 unspecified atom stereocenters. The lowest BCUT2D eigenvalue weighted by molar-refractivity contribution is -0.131. The predicted molar refractivity (Wildman–Crippen MR) is 66.4 cm³/mol. The molecule has 1 saturated heterocycles. The van der Waals surface area contributed by atoms with Gasteiger partial charge in [0.05, 0.1) is 6.54 Å². The third-order valence-electron chi connectivity index (χ3n) is 3.24. The maximum atomic E-state index is 11.9. The van der Waals surface area contributed by atoms with Crippen LogP contribution in [0.2, 0.25) is 0 Å². The van der Waals surface area contributed by atoms with Crippen LogP contribution < -0.4 is 5.32 Å². The zero-order chi connectivity index (χ0) is 12.0. The summed E-state index contributed by atoms with van der Waals surface area (Å²) >= 11 is 0. The largest absolute Gasteiger partial charge is 0.340 e. The van der Waals surface area contributed by atoms with E-state index in [4.69, 9.17) is 0 Å². The van der Waals surface area contributed by atoms with Crippen molar-refractivity contribution in [3.8, 4) is 0 Å². The van der Waals surface area contributed by atoms with E-state index in [1.807, 2.05) is 11.9 Å². The Morgan fingerprint density at radius 2 is 2.31 bits per heavy atom. The third kappa shape index (κ3) is 4.10. The van der Waals surface area contributed by atoms with Crippen LogP contribution >= 0.6 is 0 Å². The maximum Gasteiger partial charge on any atom is 0.236 e. The van der Waals surface area contributed by atoms with Crippen LogP contribution in [0.25, 0.3) is 0 Å². The first-order valence-electron chi connectivity index (χ1n) is 6.30. The van der Waals surface area contributed by atoms with Crippen molar-refractivity contribution in [3.05, 3.63) is 0 Å². The van der Waals surface area contributed by atoms with Crippen molar-refractivity contribution in [1.82, 2.24) is 15.1 Å². The number of nitrogens with zero attached hydrogens (tertiary/aromatic N) is 2. The molecule has 1 aliphatic heterocycles. The molecule has 0 aromatic carbocycles. The highest BCUT2D eigenvalue weighted by Gasteiger charge is 2.23. The van der Waals surface area contributed by atoms with Crippen LogP contribution in [-0.4, -0.2) is 62.0 Å². The summed E-state index contributed by atoms with van der Waals surface area (Å²) in [7, 11) is 4.06. The van der Waals surface area contributed by atoms with Gasteiger partial charge in [-0.15, -0.1) is 0 Å². The highest BCUT2D eigenvalue weighted by molar-refractivity contribution is 5.78. The molecular formula is C12H25N3O. The molecule has 0 spiro atoms. The van der Waals surface area contributed by atoms with E-state index in [9.17, 15) is 4.79 Å². The van der Waals surface area contributed by atoms with Crippen LogP contribution in [0.1, 0.15) is 26.2 Å². The normalized spacial score (nSPS) is 22.1. The van der Waals surface area contributed by atoms with Gasteiger partial charge in [0.25, 0.3) is 0 Å². The number of piperidine rings is 1. The number of hydrogen-bond acceptors (Lipinski definition) is 3. The van der Waals surface area contributed by atoms with Gasteiger partial charge in [0.15, 0.2) is 0 Å². The number of hydrogen-bond donors (Lipinski definition) is 1. The smallest absolute Gasteiger partial charge is 0.236 e. The van der Waals surface area contributed by atoms with Crippen molar-refractivity contribution in [2.24, 2.45) is 0 Å². The third-order valence-corrected chi connectivity index (χ3v) is 3.24. The summed E-state index contributed by atoms with van der Waals surface area (Å²) in [6.45, 7) is 5.68. The standard InChI is InChI=1S/C12H25N3O/c1-4-7-13-9-12(16)15(3)11-6-5-8-14(2)10-11/h11,13H,4-10H2,1-3H3. The van der Waals surface area contributed by atoms with Gasteiger partial charge in [0.2, 0.25) is 5.91 Å². The van der Waals surface area contributed by atoms with E-state index in [1.54, 1.807) is 0 Å². The molecule has 0 bridgehead atoms. The quantitative estimate of drug-likeness (QED) is 0.696. The molecule has 4 heteroatoms. The molecular weight excluding hydrogens is 202 g/mol. The van der Waals surface area contributed by atoms with Crippen LogP contribution in [0.3, 0.4) is 0 Å². The fraction of sp³-hybridized carbons (Fsp3) is 0.917. The molecule has 94 valence electrons. The number of amides is 1. The lowest BCUT2D eigenvalue weighted by atomic mass is 10.1. The Balaban J connectivity index is 2.31. The summed E-state index contributed by atoms with van der Waals surface area (Å²) in [6.07, 6.45) is 3.41. The van der Waals surface area contributed by atoms with E-state index in [1.165, 1.54) is 6.42 Å². The molecule has 16 heavy (non-hydrogen) atoms. The Kier molecular flexibility index (Phi) is 5.77. The number of likely N-dealkylation sites (tertiary alicyclic amines) is 1. The second kappa shape index (κ2) is 6.86. The van der Waals surface area contributed by atoms with E-state index >= 15 is 0 Å². The lowest BCUT2D eigenvalue weighted by Gasteiger charge is -2.35. The van der Waals surface area contributed by atoms with Gasteiger partial charge in [-0.1, -0.05) is 6.92 Å². The molecule has 0 radical (unpaired) electrons. The van der Waals surface area contributed by atoms with E-state index in [0.29, 0.717) is 12.6 Å². The van der Waals surface area contributed by atoms with Crippen LogP contribution in [0.15, 0.2) is 0 Å². The van der Waals surface area contributed by atoms with Gasteiger partial charge in [-0.25, -0.2) is 0 Å². The second-order valence-electron chi connectivity index (χ2n) is 4.74. The summed E-state index contributed by atoms with van der Waals surface area (Å²) in [5, 5.41) is 3.16. The first-order chi connectivity index (χ1) is 7.65. The molecule has 1 amide bonds. The molecule has 4 nitrogen and oxygen atoms in total. The van der Waals surface area contributed by atoms with Crippen molar-refractivity contribution < 1.29 is 4.79 Å². The molecule has 1 fully saturated rings. The summed E-state index contributed by atoms with van der Waals surface area (Å²) in [5.41, 5.74) is 0. The van der Waals surface area contributed by atoms with Crippen molar-refractivity contribution >= 4 is 5.91 Å². The van der Waals surface area contributed by atoms with E-state index < -0.39 is 0 Å². The van der Waals surface area contributed by atoms with Crippen LogP contribution in [0.4, 0.5) is 0 Å². The van der Waals surface area contributed by atoms with Crippen molar-refractivity contribution in [2.45, 2.75) is 32.2 Å². The topological polar surface area (TPSA) is 35.6 Å². The number of rotatable bonds is 5. The molecule has 1 N–H and O–H groups in total. The minimum absolute atomic E-state index is 0.216. The van der Waals surface area contributed by atoms with E-state index in [-0.39, 0.29) is 5.91 Å². The van der Waals surface area contributed by atoms with Crippen LogP contribution in [-0.2, 0) is 4.79 Å². The predicted octanol–water partition coefficient (Wildman–Crippen LogP) is 0.539. The summed E-state index contributed by atoms with van der Waals surface area (Å²) in [4.78, 5) is 16.1. The minimum atomic E-state index is 0.216. The molecule has 0 saturated carbocycles. The van der Waals surface area contributed by atoms with Crippen molar-refractivity contribution in [2.75, 3.05) is 40.3 Å². The maximum absolute atomic E-state index is 11.9. The fourth-order valence-electron chi connectivity index (χ4n) is 2.16. The first kappa shape index (κ1) is 13.5. The molecule has 0 aliphatic carbocycles. The van der Waals surface area contributed by atoms with Gasteiger partial charge in [-0.3, -0.25) is 4.79 Å². The molecule has 0 aromatic rings. The molecule has 1 rings (SSSR count). The zero-order valence-electron chi connectivity index (χ0n) is 10.8. The molecule has 1 atom stereocenters. The van der Waals surface area contributed by atoms with Crippen LogP contribution in [0, 0.1) is 0 Å². The first-order valence-corrected chi connectivity index (χ1v) is 6.30. The summed E-state index contributed by atoms with van der Waals surface area (Å²) in [6, 6.07) is 0.398. The Morgan fingerprint density at radius 3 is 2.94 bits per heavy atom. The number of nitrogens with one attached hydrogen (secondary N) is 1. The highest BCUT2D eigenvalue weighted by Crippen LogP contribution is 2.13. The Morgan fingerprint density at radius 1 is 1.56 bits per heavy atom. The molecule has 1 heterocycles. The SMILES string of the molecule is CCCNCC(=O)N(C)C1CCCN(C)C1. The number of carbonyl (C=O) groups is 1. The fourth-order valence-corrected chi connectivity index (χ4v) is 2.16. The molecule has 1 aliphatic rings. The summed E-state index contributed by atoms with van der Waals surface area (Å²) in [5.74, 6) is 0.216. The van der Waals surface area contributed by atoms with E-state index in [2.05, 4.69) is 24.2 Å². The average molecular weight is 227 g/mol.